The van der Waals surface area contributed by atoms with Gasteiger partial charge >= 0.3 is 0 Å². The van der Waals surface area contributed by atoms with Gasteiger partial charge in [-0.2, -0.15) is 4.31 Å². The lowest BCUT2D eigenvalue weighted by atomic mass is 10.1. The third-order valence-corrected chi connectivity index (χ3v) is 9.47. The zero-order chi connectivity index (χ0) is 25.8. The molecule has 0 saturated carbocycles. The zero-order valence-corrected chi connectivity index (χ0v) is 22.9. The van der Waals surface area contributed by atoms with Crippen molar-refractivity contribution < 1.29 is 22.7 Å². The summed E-state index contributed by atoms with van der Waals surface area (Å²) >= 11 is 0. The van der Waals surface area contributed by atoms with Crippen molar-refractivity contribution in [2.75, 3.05) is 80.7 Å². The van der Waals surface area contributed by atoms with Crippen molar-refractivity contribution in [2.24, 2.45) is 5.92 Å². The second-order valence-corrected chi connectivity index (χ2v) is 12.1. The van der Waals surface area contributed by atoms with Crippen molar-refractivity contribution in [3.63, 3.8) is 0 Å². The number of carbonyl (C=O) groups is 1. The molecular weight excluding hydrogens is 468 g/mol. The number of amides is 1. The van der Waals surface area contributed by atoms with Crippen molar-refractivity contribution in [3.8, 4) is 5.75 Å². The monoisotopic (exact) mass is 510 g/mol. The first-order valence-electron chi connectivity index (χ1n) is 12.4. The van der Waals surface area contributed by atoms with E-state index in [9.17, 15) is 13.2 Å². The average Bonchev–Trinajstić information content (AvgIpc) is 3.43. The van der Waals surface area contributed by atoms with Gasteiger partial charge in [0, 0.05) is 52.9 Å². The Kier molecular flexibility index (Phi) is 9.56. The van der Waals surface area contributed by atoms with Crippen molar-refractivity contribution in [1.82, 2.24) is 19.0 Å². The van der Waals surface area contributed by atoms with Crippen LogP contribution in [-0.2, 0) is 19.6 Å². The lowest BCUT2D eigenvalue weighted by Crippen LogP contribution is -2.41. The fourth-order valence-corrected chi connectivity index (χ4v) is 6.76. The number of likely N-dealkylation sites (tertiary alicyclic amines) is 2. The predicted molar refractivity (Wildman–Crippen MR) is 136 cm³/mol. The smallest absolute Gasteiger partial charge is 0.248 e. The standard InChI is InChI=1S/C25H42N4O5S/c1-19-13-23(33-6)14-20(2)25(19)35(31,32)27(4)11-12-34-18-24(30)28(5)22-8-10-29(17-22)16-21-7-9-26(3)15-21/h13-14,21-22H,7-12,15-18H2,1-6H3. The molecule has 35 heavy (non-hydrogen) atoms. The molecular formula is C25H42N4O5S. The van der Waals surface area contributed by atoms with Crippen LogP contribution in [0.15, 0.2) is 17.0 Å². The van der Waals surface area contributed by atoms with Crippen molar-refractivity contribution >= 4 is 15.9 Å². The van der Waals surface area contributed by atoms with Crippen LogP contribution in [-0.4, -0.2) is 120 Å². The summed E-state index contributed by atoms with van der Waals surface area (Å²) < 4.78 is 38.3. The summed E-state index contributed by atoms with van der Waals surface area (Å²) in [6, 6.07) is 3.64. The molecule has 198 valence electrons. The third kappa shape index (κ3) is 6.95. The van der Waals surface area contributed by atoms with E-state index in [1.807, 2.05) is 7.05 Å². The van der Waals surface area contributed by atoms with Gasteiger partial charge in [0.05, 0.1) is 18.6 Å². The molecule has 2 heterocycles. The first kappa shape index (κ1) is 27.9. The Balaban J connectivity index is 1.42. The molecule has 2 atom stereocenters. The number of benzene rings is 1. The molecule has 3 rings (SSSR count). The van der Waals surface area contributed by atoms with Crippen LogP contribution >= 0.6 is 0 Å². The van der Waals surface area contributed by atoms with Crippen LogP contribution in [0.1, 0.15) is 24.0 Å². The summed E-state index contributed by atoms with van der Waals surface area (Å²) in [6.07, 6.45) is 2.23. The number of ether oxygens (including phenoxy) is 2. The van der Waals surface area contributed by atoms with E-state index in [2.05, 4.69) is 16.8 Å². The van der Waals surface area contributed by atoms with Gasteiger partial charge in [0.1, 0.15) is 12.4 Å². The third-order valence-electron chi connectivity index (χ3n) is 7.31. The van der Waals surface area contributed by atoms with E-state index < -0.39 is 10.0 Å². The van der Waals surface area contributed by atoms with Crippen LogP contribution in [0, 0.1) is 19.8 Å². The second-order valence-electron chi connectivity index (χ2n) is 10.1. The van der Waals surface area contributed by atoms with Gasteiger partial charge in [-0.05, 0) is 69.5 Å². The fraction of sp³-hybridized carbons (Fsp3) is 0.720. The molecule has 0 aliphatic carbocycles. The van der Waals surface area contributed by atoms with Crippen molar-refractivity contribution in [2.45, 2.75) is 37.6 Å². The number of carbonyl (C=O) groups excluding carboxylic acids is 1. The molecule has 2 aliphatic heterocycles. The molecule has 2 fully saturated rings. The SMILES string of the molecule is COc1cc(C)c(S(=O)(=O)N(C)CCOCC(=O)N(C)C2CCN(CC3CCN(C)C3)C2)c(C)c1. The molecule has 0 spiro atoms. The van der Waals surface area contributed by atoms with Crippen LogP contribution in [0.4, 0.5) is 0 Å². The topological polar surface area (TPSA) is 82.6 Å². The largest absolute Gasteiger partial charge is 0.497 e. The number of sulfonamides is 1. The van der Waals surface area contributed by atoms with Gasteiger partial charge in [-0.3, -0.25) is 4.79 Å². The Morgan fingerprint density at radius 1 is 1.11 bits per heavy atom. The molecule has 2 aliphatic rings. The van der Waals surface area contributed by atoms with Crippen LogP contribution in [0.25, 0.3) is 0 Å². The number of methoxy groups -OCH3 is 1. The van der Waals surface area contributed by atoms with Crippen molar-refractivity contribution in [1.29, 1.82) is 0 Å². The molecule has 1 amide bonds. The molecule has 0 aromatic heterocycles. The number of nitrogens with zero attached hydrogens (tertiary/aromatic N) is 4. The van der Waals surface area contributed by atoms with Gasteiger partial charge in [0.2, 0.25) is 15.9 Å². The van der Waals surface area contributed by atoms with Crippen molar-refractivity contribution in [3.05, 3.63) is 23.3 Å². The molecule has 2 saturated heterocycles. The van der Waals surface area contributed by atoms with E-state index in [1.54, 1.807) is 38.0 Å². The molecule has 2 unspecified atom stereocenters. The highest BCUT2D eigenvalue weighted by molar-refractivity contribution is 7.89. The van der Waals surface area contributed by atoms with Gasteiger partial charge in [0.15, 0.2) is 0 Å². The second kappa shape index (κ2) is 12.0. The molecule has 10 heteroatoms. The van der Waals surface area contributed by atoms with Gasteiger partial charge in [0.25, 0.3) is 0 Å². The lowest BCUT2D eigenvalue weighted by molar-refractivity contribution is -0.136. The summed E-state index contributed by atoms with van der Waals surface area (Å²) in [7, 11) is 3.43. The fourth-order valence-electron chi connectivity index (χ4n) is 5.20. The maximum Gasteiger partial charge on any atom is 0.248 e. The quantitative estimate of drug-likeness (QED) is 0.417. The summed E-state index contributed by atoms with van der Waals surface area (Å²) in [4.78, 5) is 19.6. The van der Waals surface area contributed by atoms with E-state index >= 15 is 0 Å². The first-order chi connectivity index (χ1) is 16.5. The van der Waals surface area contributed by atoms with Crippen LogP contribution in [0.2, 0.25) is 0 Å². The maximum atomic E-state index is 13.1. The van der Waals surface area contributed by atoms with E-state index in [4.69, 9.17) is 9.47 Å². The highest BCUT2D eigenvalue weighted by Gasteiger charge is 2.31. The normalized spacial score (nSPS) is 21.7. The minimum atomic E-state index is -3.68. The average molecular weight is 511 g/mol. The number of likely N-dealkylation sites (N-methyl/N-ethyl adjacent to an activating group) is 2. The van der Waals surface area contributed by atoms with Gasteiger partial charge in [-0.25, -0.2) is 8.42 Å². The lowest BCUT2D eigenvalue weighted by Gasteiger charge is -2.26. The molecule has 1 aromatic carbocycles. The van der Waals surface area contributed by atoms with Gasteiger partial charge in [-0.15, -0.1) is 0 Å². The Morgan fingerprint density at radius 3 is 2.40 bits per heavy atom. The summed E-state index contributed by atoms with van der Waals surface area (Å²) in [6.45, 7) is 9.16. The molecule has 0 radical (unpaired) electrons. The first-order valence-corrected chi connectivity index (χ1v) is 13.8. The Labute approximate surface area is 211 Å². The molecule has 0 bridgehead atoms. The Hall–Kier alpha value is -1.72. The Morgan fingerprint density at radius 2 is 1.80 bits per heavy atom. The van der Waals surface area contributed by atoms with E-state index in [0.29, 0.717) is 16.9 Å². The van der Waals surface area contributed by atoms with Gasteiger partial charge in [-0.1, -0.05) is 0 Å². The molecule has 0 N–H and O–H groups in total. The highest BCUT2D eigenvalue weighted by atomic mass is 32.2. The maximum absolute atomic E-state index is 13.1. The molecule has 1 aromatic rings. The van der Waals surface area contributed by atoms with E-state index in [-0.39, 0.29) is 36.6 Å². The van der Waals surface area contributed by atoms with E-state index in [1.165, 1.54) is 24.3 Å². The molecule has 9 nitrogen and oxygen atoms in total. The minimum absolute atomic E-state index is 0.0467. The zero-order valence-electron chi connectivity index (χ0n) is 22.1. The Bertz CT molecular complexity index is 963. The number of hydrogen-bond donors (Lipinski definition) is 0. The highest BCUT2D eigenvalue weighted by Crippen LogP contribution is 2.27. The predicted octanol–water partition coefficient (Wildman–Crippen LogP) is 1.43. The van der Waals surface area contributed by atoms with Crippen LogP contribution < -0.4 is 4.74 Å². The number of aryl methyl sites for hydroxylation is 2. The number of rotatable bonds is 11. The van der Waals surface area contributed by atoms with Crippen LogP contribution in [0.5, 0.6) is 5.75 Å². The van der Waals surface area contributed by atoms with Crippen LogP contribution in [0.3, 0.4) is 0 Å². The summed E-state index contributed by atoms with van der Waals surface area (Å²) in [5.41, 5.74) is 1.27. The number of hydrogen-bond acceptors (Lipinski definition) is 7. The van der Waals surface area contributed by atoms with Gasteiger partial charge < -0.3 is 24.2 Å². The van der Waals surface area contributed by atoms with E-state index in [0.717, 1.165) is 38.5 Å². The minimum Gasteiger partial charge on any atom is -0.497 e. The summed E-state index contributed by atoms with van der Waals surface area (Å²) in [5, 5.41) is 0. The summed E-state index contributed by atoms with van der Waals surface area (Å²) in [5.74, 6) is 1.29.